The Hall–Kier alpha value is -9.77. The van der Waals surface area contributed by atoms with Crippen LogP contribution in [0.25, 0.3) is 78.3 Å². The van der Waals surface area contributed by atoms with Crippen LogP contribution in [-0.2, 0) is 11.8 Å². The van der Waals surface area contributed by atoms with Gasteiger partial charge >= 0.3 is 0 Å². The summed E-state index contributed by atoms with van der Waals surface area (Å²) in [6.07, 6.45) is 0.838. The minimum atomic E-state index is -0.583. The van der Waals surface area contributed by atoms with Crippen LogP contribution in [0.3, 0.4) is 0 Å². The molecule has 3 aliphatic rings. The Morgan fingerprint density at radius 3 is 1.58 bits per heavy atom. The number of imidazole rings is 1. The van der Waals surface area contributed by atoms with Gasteiger partial charge in [0.25, 0.3) is 0 Å². The molecule has 0 radical (unpaired) electrons. The van der Waals surface area contributed by atoms with Gasteiger partial charge in [-0.1, -0.05) is 182 Å². The van der Waals surface area contributed by atoms with Crippen molar-refractivity contribution >= 4 is 28.1 Å². The Morgan fingerprint density at radius 2 is 0.908 bits per heavy atom. The summed E-state index contributed by atoms with van der Waals surface area (Å²) in [5.41, 5.74) is 25.1. The number of ether oxygens (including phenoxy) is 1. The van der Waals surface area contributed by atoms with E-state index in [1.165, 1.54) is 50.3 Å². The standard InChI is InChI=1S/C72H49N3O/c1-47-40-56-41-50(34-37-66(56)74(57-24-10-4-11-25-57)70(47)48-20-6-2-7-21-48)53-42-54(44-55(43-53)52-35-38-67-65(46-52)73-71(49-22-8-3-9-23-49)75(67)58-26-12-5-13-27-58)51-36-39-69-64(45-51)72(63-32-18-19-33-68(63)76-69)61-30-16-14-28-59(61)60-29-15-17-31-62(60)72/h2-39,41-46H,40H2,1H3. The molecule has 2 aliphatic heterocycles. The van der Waals surface area contributed by atoms with E-state index >= 15 is 0 Å². The van der Waals surface area contributed by atoms with E-state index in [2.05, 4.69) is 283 Å². The molecule has 0 N–H and O–H groups in total. The number of benzene rings is 11. The average molecular weight is 972 g/mol. The summed E-state index contributed by atoms with van der Waals surface area (Å²) < 4.78 is 9.19. The predicted molar refractivity (Wildman–Crippen MR) is 312 cm³/mol. The third kappa shape index (κ3) is 6.81. The highest BCUT2D eigenvalue weighted by molar-refractivity contribution is 5.95. The van der Waals surface area contributed by atoms with Crippen LogP contribution >= 0.6 is 0 Å². The van der Waals surface area contributed by atoms with Gasteiger partial charge in [-0.3, -0.25) is 4.57 Å². The molecule has 0 atom stereocenters. The first-order valence-corrected chi connectivity index (χ1v) is 26.2. The molecule has 4 heteroatoms. The number of allylic oxidation sites excluding steroid dienone is 1. The summed E-state index contributed by atoms with van der Waals surface area (Å²) in [6.45, 7) is 2.29. The van der Waals surface area contributed by atoms with Crippen LogP contribution in [0.5, 0.6) is 11.5 Å². The fraction of sp³-hybridized carbons (Fsp3) is 0.0417. The van der Waals surface area contributed by atoms with Gasteiger partial charge in [-0.05, 0) is 171 Å². The first kappa shape index (κ1) is 43.8. The van der Waals surface area contributed by atoms with Crippen molar-refractivity contribution in [3.8, 4) is 73.1 Å². The number of anilines is 2. The number of aromatic nitrogens is 2. The van der Waals surface area contributed by atoms with Gasteiger partial charge < -0.3 is 9.64 Å². The van der Waals surface area contributed by atoms with Crippen LogP contribution in [0.2, 0.25) is 0 Å². The van der Waals surface area contributed by atoms with Crippen molar-refractivity contribution in [2.45, 2.75) is 18.8 Å². The van der Waals surface area contributed by atoms with Gasteiger partial charge in [0.1, 0.15) is 17.3 Å². The number of fused-ring (bicyclic) bond motifs is 11. The fourth-order valence-electron chi connectivity index (χ4n) is 12.7. The normalized spacial score (nSPS) is 13.7. The van der Waals surface area contributed by atoms with Crippen LogP contribution in [0.4, 0.5) is 11.4 Å². The van der Waals surface area contributed by atoms with E-state index in [1.807, 2.05) is 0 Å². The third-order valence-electron chi connectivity index (χ3n) is 15.9. The number of rotatable bonds is 7. The van der Waals surface area contributed by atoms with E-state index in [1.54, 1.807) is 0 Å². The van der Waals surface area contributed by atoms with Crippen LogP contribution in [0.15, 0.2) is 272 Å². The summed E-state index contributed by atoms with van der Waals surface area (Å²) in [5.74, 6) is 2.67. The third-order valence-corrected chi connectivity index (χ3v) is 15.9. The minimum Gasteiger partial charge on any atom is -0.457 e. The molecule has 4 nitrogen and oxygen atoms in total. The van der Waals surface area contributed by atoms with E-state index in [0.29, 0.717) is 0 Å². The first-order chi connectivity index (χ1) is 37.6. The maximum atomic E-state index is 6.91. The Kier molecular flexibility index (Phi) is 10.0. The fourth-order valence-corrected chi connectivity index (χ4v) is 12.7. The van der Waals surface area contributed by atoms with E-state index in [0.717, 1.165) is 96.2 Å². The highest BCUT2D eigenvalue weighted by Gasteiger charge is 2.51. The number of hydrogen-bond donors (Lipinski definition) is 0. The lowest BCUT2D eigenvalue weighted by atomic mass is 9.65. The van der Waals surface area contributed by atoms with Crippen molar-refractivity contribution in [1.82, 2.24) is 9.55 Å². The van der Waals surface area contributed by atoms with Gasteiger partial charge in [-0.25, -0.2) is 4.98 Å². The van der Waals surface area contributed by atoms with E-state index in [-0.39, 0.29) is 0 Å². The molecule has 1 spiro atoms. The molecule has 76 heavy (non-hydrogen) atoms. The maximum absolute atomic E-state index is 6.91. The molecule has 15 rings (SSSR count). The van der Waals surface area contributed by atoms with Crippen molar-refractivity contribution in [3.05, 3.63) is 306 Å². The summed E-state index contributed by atoms with van der Waals surface area (Å²) in [7, 11) is 0. The van der Waals surface area contributed by atoms with Crippen molar-refractivity contribution in [1.29, 1.82) is 0 Å². The molecule has 11 aromatic carbocycles. The second kappa shape index (κ2) is 17.4. The van der Waals surface area contributed by atoms with Gasteiger partial charge in [0.15, 0.2) is 0 Å². The number of nitrogens with zero attached hydrogens (tertiary/aromatic N) is 3. The van der Waals surface area contributed by atoms with Crippen LogP contribution in [0.1, 0.15) is 40.3 Å². The van der Waals surface area contributed by atoms with E-state index in [4.69, 9.17) is 9.72 Å². The SMILES string of the molecule is CC1=C(c2ccccc2)N(c2ccccc2)c2ccc(-c3cc(-c4ccc5c(c4)C4(c6ccccc6O5)c5ccccc5-c5ccccc54)cc(-c4ccc5c(c4)nc(-c4ccccc4)n5-c4ccccc4)c3)cc2C1. The molecular weight excluding hydrogens is 923 g/mol. The number of para-hydroxylation sites is 3. The van der Waals surface area contributed by atoms with Gasteiger partial charge in [-0.15, -0.1) is 0 Å². The maximum Gasteiger partial charge on any atom is 0.145 e. The molecular formula is C72H49N3O. The van der Waals surface area contributed by atoms with E-state index in [9.17, 15) is 0 Å². The lowest BCUT2D eigenvalue weighted by molar-refractivity contribution is 0.436. The second-order valence-corrected chi connectivity index (χ2v) is 20.3. The second-order valence-electron chi connectivity index (χ2n) is 20.3. The Morgan fingerprint density at radius 1 is 0.395 bits per heavy atom. The molecule has 0 unspecified atom stereocenters. The lowest BCUT2D eigenvalue weighted by Crippen LogP contribution is -2.32. The highest BCUT2D eigenvalue weighted by atomic mass is 16.5. The molecule has 1 aromatic heterocycles. The quantitative estimate of drug-likeness (QED) is 0.159. The molecule has 12 aromatic rings. The van der Waals surface area contributed by atoms with Crippen molar-refractivity contribution in [2.75, 3.05) is 4.90 Å². The summed E-state index contributed by atoms with van der Waals surface area (Å²) in [5, 5.41) is 0. The van der Waals surface area contributed by atoms with Gasteiger partial charge in [0, 0.05) is 33.8 Å². The Balaban J connectivity index is 0.936. The van der Waals surface area contributed by atoms with Crippen molar-refractivity contribution in [2.24, 2.45) is 0 Å². The zero-order chi connectivity index (χ0) is 50.3. The summed E-state index contributed by atoms with van der Waals surface area (Å²) in [6, 6.07) is 97.0. The van der Waals surface area contributed by atoms with Gasteiger partial charge in [0.05, 0.1) is 22.1 Å². The van der Waals surface area contributed by atoms with Gasteiger partial charge in [0.2, 0.25) is 0 Å². The molecule has 1 aliphatic carbocycles. The molecule has 0 bridgehead atoms. The van der Waals surface area contributed by atoms with Crippen LogP contribution in [-0.4, -0.2) is 9.55 Å². The van der Waals surface area contributed by atoms with E-state index < -0.39 is 5.41 Å². The highest BCUT2D eigenvalue weighted by Crippen LogP contribution is 2.62. The largest absolute Gasteiger partial charge is 0.457 e. The predicted octanol–water partition coefficient (Wildman–Crippen LogP) is 18.3. The molecule has 3 heterocycles. The Labute approximate surface area is 442 Å². The molecule has 0 saturated heterocycles. The summed E-state index contributed by atoms with van der Waals surface area (Å²) in [4.78, 5) is 7.86. The smallest absolute Gasteiger partial charge is 0.145 e. The molecule has 0 fully saturated rings. The Bertz CT molecular complexity index is 4240. The molecule has 0 saturated carbocycles. The molecule has 0 amide bonds. The van der Waals surface area contributed by atoms with Crippen LogP contribution in [0, 0.1) is 0 Å². The molecule has 358 valence electrons. The van der Waals surface area contributed by atoms with Gasteiger partial charge in [-0.2, -0.15) is 0 Å². The minimum absolute atomic E-state index is 0.583. The first-order valence-electron chi connectivity index (χ1n) is 26.2. The summed E-state index contributed by atoms with van der Waals surface area (Å²) >= 11 is 0. The van der Waals surface area contributed by atoms with Crippen LogP contribution < -0.4 is 9.64 Å². The lowest BCUT2D eigenvalue weighted by Gasteiger charge is -2.39. The number of hydrogen-bond acceptors (Lipinski definition) is 3. The zero-order valence-corrected chi connectivity index (χ0v) is 41.9. The van der Waals surface area contributed by atoms with Crippen molar-refractivity contribution < 1.29 is 4.74 Å². The monoisotopic (exact) mass is 971 g/mol. The zero-order valence-electron chi connectivity index (χ0n) is 41.9. The topological polar surface area (TPSA) is 30.3 Å². The van der Waals surface area contributed by atoms with Crippen molar-refractivity contribution in [3.63, 3.8) is 0 Å². The average Bonchev–Trinajstić information content (AvgIpc) is 4.04.